The van der Waals surface area contributed by atoms with Crippen LogP contribution in [0.15, 0.2) is 24.4 Å². The summed E-state index contributed by atoms with van der Waals surface area (Å²) in [5.74, 6) is -0.313. The van der Waals surface area contributed by atoms with E-state index in [2.05, 4.69) is 15.6 Å². The number of benzene rings is 1. The summed E-state index contributed by atoms with van der Waals surface area (Å²) < 4.78 is 0. The molecule has 1 aromatic heterocycles. The number of aromatic amines is 1. The van der Waals surface area contributed by atoms with Crippen molar-refractivity contribution in [3.8, 4) is 0 Å². The summed E-state index contributed by atoms with van der Waals surface area (Å²) in [6.45, 7) is 0.306. The molecule has 100 valence electrons. The highest BCUT2D eigenvalue weighted by Crippen LogP contribution is 2.20. The van der Waals surface area contributed by atoms with Gasteiger partial charge < -0.3 is 21.4 Å². The van der Waals surface area contributed by atoms with Crippen molar-refractivity contribution in [1.82, 2.24) is 15.6 Å². The molecule has 0 saturated heterocycles. The van der Waals surface area contributed by atoms with Crippen molar-refractivity contribution in [2.45, 2.75) is 6.42 Å². The number of hydrogen-bond acceptors (Lipinski definition) is 3. The lowest BCUT2D eigenvalue weighted by Crippen LogP contribution is -2.29. The SMILES string of the molecule is CNC(=O)CCNC(=O)c1c[nH]c2cc(N)ccc12. The van der Waals surface area contributed by atoms with E-state index in [1.54, 1.807) is 31.4 Å². The Balaban J connectivity index is 2.07. The van der Waals surface area contributed by atoms with E-state index in [9.17, 15) is 9.59 Å². The minimum Gasteiger partial charge on any atom is -0.399 e. The van der Waals surface area contributed by atoms with E-state index in [4.69, 9.17) is 5.73 Å². The summed E-state index contributed by atoms with van der Waals surface area (Å²) in [4.78, 5) is 26.0. The maximum atomic E-state index is 12.0. The summed E-state index contributed by atoms with van der Waals surface area (Å²) in [6.07, 6.45) is 1.90. The average molecular weight is 260 g/mol. The van der Waals surface area contributed by atoms with Crippen molar-refractivity contribution in [2.24, 2.45) is 0 Å². The number of carbonyl (C=O) groups is 2. The predicted octanol–water partition coefficient (Wildman–Crippen LogP) is 0.616. The Bertz CT molecular complexity index is 618. The number of anilines is 1. The Kier molecular flexibility index (Phi) is 3.70. The molecule has 19 heavy (non-hydrogen) atoms. The first-order chi connectivity index (χ1) is 9.11. The number of fused-ring (bicyclic) bond motifs is 1. The average Bonchev–Trinajstić information content (AvgIpc) is 2.81. The molecule has 0 aliphatic heterocycles. The quantitative estimate of drug-likeness (QED) is 0.606. The van der Waals surface area contributed by atoms with Gasteiger partial charge in [0.15, 0.2) is 0 Å². The van der Waals surface area contributed by atoms with Crippen molar-refractivity contribution in [3.63, 3.8) is 0 Å². The Hall–Kier alpha value is -2.50. The van der Waals surface area contributed by atoms with Crippen LogP contribution in [0.3, 0.4) is 0 Å². The van der Waals surface area contributed by atoms with E-state index < -0.39 is 0 Å². The van der Waals surface area contributed by atoms with Gasteiger partial charge in [0.25, 0.3) is 5.91 Å². The largest absolute Gasteiger partial charge is 0.399 e. The second-order valence-corrected chi connectivity index (χ2v) is 4.19. The highest BCUT2D eigenvalue weighted by atomic mass is 16.2. The lowest BCUT2D eigenvalue weighted by atomic mass is 10.1. The summed E-state index contributed by atoms with van der Waals surface area (Å²) in [5, 5.41) is 6.02. The van der Waals surface area contributed by atoms with Crippen molar-refractivity contribution >= 4 is 28.4 Å². The Labute approximate surface area is 110 Å². The van der Waals surface area contributed by atoms with Crippen LogP contribution >= 0.6 is 0 Å². The molecule has 2 aromatic rings. The highest BCUT2D eigenvalue weighted by molar-refractivity contribution is 6.07. The molecule has 0 fully saturated rings. The fourth-order valence-electron chi connectivity index (χ4n) is 1.84. The van der Waals surface area contributed by atoms with Crippen LogP contribution < -0.4 is 16.4 Å². The maximum Gasteiger partial charge on any atom is 0.253 e. The number of H-pyrrole nitrogens is 1. The molecule has 0 spiro atoms. The monoisotopic (exact) mass is 260 g/mol. The molecule has 0 radical (unpaired) electrons. The van der Waals surface area contributed by atoms with Gasteiger partial charge in [0.2, 0.25) is 5.91 Å². The van der Waals surface area contributed by atoms with Crippen molar-refractivity contribution in [1.29, 1.82) is 0 Å². The molecule has 0 unspecified atom stereocenters. The Morgan fingerprint density at radius 3 is 2.89 bits per heavy atom. The van der Waals surface area contributed by atoms with Crippen molar-refractivity contribution in [2.75, 3.05) is 19.3 Å². The van der Waals surface area contributed by atoms with Crippen molar-refractivity contribution < 1.29 is 9.59 Å². The van der Waals surface area contributed by atoms with Gasteiger partial charge in [-0.3, -0.25) is 9.59 Å². The second-order valence-electron chi connectivity index (χ2n) is 4.19. The summed E-state index contributed by atoms with van der Waals surface area (Å²) in [5.41, 5.74) is 7.68. The van der Waals surface area contributed by atoms with Crippen LogP contribution in [0.1, 0.15) is 16.8 Å². The topological polar surface area (TPSA) is 100 Å². The highest BCUT2D eigenvalue weighted by Gasteiger charge is 2.11. The van der Waals surface area contributed by atoms with Crippen LogP contribution in [0.25, 0.3) is 10.9 Å². The van der Waals surface area contributed by atoms with Crippen LogP contribution in [0.4, 0.5) is 5.69 Å². The summed E-state index contributed by atoms with van der Waals surface area (Å²) in [6, 6.07) is 5.32. The minimum absolute atomic E-state index is 0.105. The van der Waals surface area contributed by atoms with E-state index in [1.807, 2.05) is 0 Å². The number of nitrogen functional groups attached to an aromatic ring is 1. The molecule has 0 bridgehead atoms. The van der Waals surface area contributed by atoms with Gasteiger partial charge in [0, 0.05) is 42.8 Å². The molecular weight excluding hydrogens is 244 g/mol. The maximum absolute atomic E-state index is 12.0. The van der Waals surface area contributed by atoms with Crippen molar-refractivity contribution in [3.05, 3.63) is 30.0 Å². The van der Waals surface area contributed by atoms with Gasteiger partial charge in [-0.25, -0.2) is 0 Å². The van der Waals surface area contributed by atoms with Gasteiger partial charge in [-0.1, -0.05) is 0 Å². The minimum atomic E-state index is -0.208. The van der Waals surface area contributed by atoms with Crippen LogP contribution in [0.5, 0.6) is 0 Å². The molecule has 1 heterocycles. The number of nitrogens with two attached hydrogens (primary N) is 1. The molecule has 0 aliphatic rings. The summed E-state index contributed by atoms with van der Waals surface area (Å²) in [7, 11) is 1.56. The molecular formula is C13H16N4O2. The standard InChI is InChI=1S/C13H16N4O2/c1-15-12(18)4-5-16-13(19)10-7-17-11-6-8(14)2-3-9(10)11/h2-3,6-7,17H,4-5,14H2,1H3,(H,15,18)(H,16,19). The van der Waals surface area contributed by atoms with E-state index in [1.165, 1.54) is 0 Å². The Morgan fingerprint density at radius 1 is 1.37 bits per heavy atom. The van der Waals surface area contributed by atoms with E-state index in [0.717, 1.165) is 10.9 Å². The van der Waals surface area contributed by atoms with Crippen LogP contribution in [0.2, 0.25) is 0 Å². The number of aromatic nitrogens is 1. The molecule has 5 N–H and O–H groups in total. The van der Waals surface area contributed by atoms with Crippen LogP contribution in [0, 0.1) is 0 Å². The third-order valence-corrected chi connectivity index (χ3v) is 2.87. The lowest BCUT2D eigenvalue weighted by molar-refractivity contribution is -0.120. The molecule has 0 atom stereocenters. The zero-order valence-corrected chi connectivity index (χ0v) is 10.6. The van der Waals surface area contributed by atoms with E-state index in [0.29, 0.717) is 17.8 Å². The lowest BCUT2D eigenvalue weighted by Gasteiger charge is -2.03. The smallest absolute Gasteiger partial charge is 0.253 e. The van der Waals surface area contributed by atoms with Gasteiger partial charge in [-0.05, 0) is 18.2 Å². The van der Waals surface area contributed by atoms with Crippen LogP contribution in [-0.2, 0) is 4.79 Å². The first kappa shape index (κ1) is 12.9. The predicted molar refractivity (Wildman–Crippen MR) is 73.7 cm³/mol. The third-order valence-electron chi connectivity index (χ3n) is 2.87. The van der Waals surface area contributed by atoms with E-state index in [-0.39, 0.29) is 18.2 Å². The molecule has 1 aromatic carbocycles. The number of hydrogen-bond donors (Lipinski definition) is 4. The molecule has 0 saturated carbocycles. The van der Waals surface area contributed by atoms with Gasteiger partial charge in [0.05, 0.1) is 5.56 Å². The number of nitrogens with one attached hydrogen (secondary N) is 3. The van der Waals surface area contributed by atoms with Crippen LogP contribution in [-0.4, -0.2) is 30.4 Å². The zero-order valence-electron chi connectivity index (χ0n) is 10.6. The van der Waals surface area contributed by atoms with Gasteiger partial charge >= 0.3 is 0 Å². The van der Waals surface area contributed by atoms with Gasteiger partial charge in [0.1, 0.15) is 0 Å². The zero-order chi connectivity index (χ0) is 13.8. The summed E-state index contributed by atoms with van der Waals surface area (Å²) >= 11 is 0. The molecule has 2 rings (SSSR count). The van der Waals surface area contributed by atoms with Gasteiger partial charge in [-0.2, -0.15) is 0 Å². The number of amides is 2. The normalized spacial score (nSPS) is 10.4. The fourth-order valence-corrected chi connectivity index (χ4v) is 1.84. The number of rotatable bonds is 4. The first-order valence-electron chi connectivity index (χ1n) is 5.97. The number of carbonyl (C=O) groups excluding carboxylic acids is 2. The van der Waals surface area contributed by atoms with Gasteiger partial charge in [-0.15, -0.1) is 0 Å². The first-order valence-corrected chi connectivity index (χ1v) is 5.97. The Morgan fingerprint density at radius 2 is 2.16 bits per heavy atom. The molecule has 2 amide bonds. The molecule has 6 heteroatoms. The molecule has 0 aliphatic carbocycles. The molecule has 6 nitrogen and oxygen atoms in total. The van der Waals surface area contributed by atoms with E-state index >= 15 is 0 Å². The third kappa shape index (κ3) is 2.85. The second kappa shape index (κ2) is 5.43. The fraction of sp³-hybridized carbons (Fsp3) is 0.231.